The van der Waals surface area contributed by atoms with E-state index in [1.807, 2.05) is 0 Å². The first-order valence-corrected chi connectivity index (χ1v) is 8.88. The predicted octanol–water partition coefficient (Wildman–Crippen LogP) is 0.856. The maximum absolute atomic E-state index is 12.7. The zero-order valence-corrected chi connectivity index (χ0v) is 13.4. The summed E-state index contributed by atoms with van der Waals surface area (Å²) in [5.41, 5.74) is 0. The first-order valence-electron chi connectivity index (χ1n) is 7.44. The molecule has 1 N–H and O–H groups in total. The molecule has 0 bridgehead atoms. The minimum absolute atomic E-state index is 0.0308. The molecule has 2 aliphatic rings. The van der Waals surface area contributed by atoms with Crippen LogP contribution in [0.25, 0.3) is 11.5 Å². The summed E-state index contributed by atoms with van der Waals surface area (Å²) in [7, 11) is -3.70. The van der Waals surface area contributed by atoms with Crippen molar-refractivity contribution >= 4 is 15.9 Å². The molecule has 2 aromatic heterocycles. The first-order chi connectivity index (χ1) is 11.5. The van der Waals surface area contributed by atoms with Crippen LogP contribution in [0.4, 0.5) is 0 Å². The molecule has 2 fully saturated rings. The summed E-state index contributed by atoms with van der Waals surface area (Å²) in [5, 5.41) is 6.26. The van der Waals surface area contributed by atoms with Crippen LogP contribution in [0.5, 0.6) is 0 Å². The summed E-state index contributed by atoms with van der Waals surface area (Å²) in [6.45, 7) is 4.15. The van der Waals surface area contributed by atoms with Gasteiger partial charge in [0.25, 0.3) is 10.0 Å². The number of carbonyl (C=O) groups excluding carboxylic acids is 1. The summed E-state index contributed by atoms with van der Waals surface area (Å²) in [6.07, 6.45) is 2.67. The van der Waals surface area contributed by atoms with Gasteiger partial charge in [0.1, 0.15) is 0 Å². The van der Waals surface area contributed by atoms with E-state index < -0.39 is 10.0 Å². The van der Waals surface area contributed by atoms with Gasteiger partial charge in [-0.2, -0.15) is 4.31 Å². The zero-order chi connectivity index (χ0) is 16.9. The van der Waals surface area contributed by atoms with Gasteiger partial charge >= 0.3 is 0 Å². The molecule has 1 aliphatic carbocycles. The fraction of sp³-hybridized carbons (Fsp3) is 0.333. The Balaban J connectivity index is 1.46. The number of piperidine rings is 1. The minimum atomic E-state index is -3.70. The average molecular weight is 349 g/mol. The molecule has 24 heavy (non-hydrogen) atoms. The van der Waals surface area contributed by atoms with E-state index in [1.54, 1.807) is 6.07 Å². The van der Waals surface area contributed by atoms with Crippen molar-refractivity contribution in [1.82, 2.24) is 14.8 Å². The molecular formula is C15H15N3O5S. The Hall–Kier alpha value is -2.39. The maximum Gasteiger partial charge on any atom is 0.276 e. The molecule has 1 saturated heterocycles. The van der Waals surface area contributed by atoms with Crippen LogP contribution in [0.3, 0.4) is 0 Å². The smallest absolute Gasteiger partial charge is 0.276 e. The standard InChI is InChI=1S/C15H15N3O5S/c1-2-13(19)17-15-9-7-18(8-10(9)15)24(20,21)14-4-3-11(22-14)12-5-6-16-23-12/h2-6,9-10,15H,1,7-8H2,(H,17,19). The summed E-state index contributed by atoms with van der Waals surface area (Å²) >= 11 is 0. The van der Waals surface area contributed by atoms with Crippen LogP contribution in [-0.2, 0) is 14.8 Å². The molecule has 0 spiro atoms. The van der Waals surface area contributed by atoms with E-state index in [4.69, 9.17) is 8.94 Å². The molecule has 3 heterocycles. The van der Waals surface area contributed by atoms with Gasteiger partial charge in [0, 0.05) is 25.2 Å². The first kappa shape index (κ1) is 15.2. The molecule has 126 valence electrons. The number of aromatic nitrogens is 1. The lowest BCUT2D eigenvalue weighted by molar-refractivity contribution is -0.116. The number of furan rings is 1. The Morgan fingerprint density at radius 2 is 2.04 bits per heavy atom. The van der Waals surface area contributed by atoms with E-state index in [-0.39, 0.29) is 28.9 Å². The third-order valence-corrected chi connectivity index (χ3v) is 6.22. The van der Waals surface area contributed by atoms with Crippen molar-refractivity contribution in [2.75, 3.05) is 13.1 Å². The number of nitrogens with one attached hydrogen (secondary N) is 1. The fourth-order valence-electron chi connectivity index (χ4n) is 3.18. The normalized spacial score (nSPS) is 26.1. The number of carbonyl (C=O) groups is 1. The number of fused-ring (bicyclic) bond motifs is 1. The fourth-order valence-corrected chi connectivity index (χ4v) is 4.61. The van der Waals surface area contributed by atoms with Crippen molar-refractivity contribution in [2.24, 2.45) is 11.8 Å². The predicted molar refractivity (Wildman–Crippen MR) is 82.1 cm³/mol. The number of amides is 1. The van der Waals surface area contributed by atoms with E-state index in [9.17, 15) is 13.2 Å². The minimum Gasteiger partial charge on any atom is -0.440 e. The number of nitrogens with zero attached hydrogens (tertiary/aromatic N) is 2. The van der Waals surface area contributed by atoms with Crippen LogP contribution in [0, 0.1) is 11.8 Å². The highest BCUT2D eigenvalue weighted by Gasteiger charge is 2.58. The molecule has 2 unspecified atom stereocenters. The van der Waals surface area contributed by atoms with Crippen LogP contribution in [0.1, 0.15) is 0 Å². The van der Waals surface area contributed by atoms with Crippen LogP contribution >= 0.6 is 0 Å². The van der Waals surface area contributed by atoms with Gasteiger partial charge in [0.05, 0.1) is 6.20 Å². The van der Waals surface area contributed by atoms with Gasteiger partial charge in [0.15, 0.2) is 5.76 Å². The Morgan fingerprint density at radius 3 is 2.67 bits per heavy atom. The average Bonchev–Trinajstić information content (AvgIpc) is 3.13. The second-order valence-corrected chi connectivity index (χ2v) is 7.75. The summed E-state index contributed by atoms with van der Waals surface area (Å²) in [5.74, 6) is 0.741. The SMILES string of the molecule is C=CC(=O)NC1C2CN(S(=O)(=O)c3ccc(-c4ccno4)o3)CC21. The largest absolute Gasteiger partial charge is 0.440 e. The molecule has 0 radical (unpaired) electrons. The highest BCUT2D eigenvalue weighted by Crippen LogP contribution is 2.47. The summed E-state index contributed by atoms with van der Waals surface area (Å²) in [4.78, 5) is 11.3. The third kappa shape index (κ3) is 2.36. The van der Waals surface area contributed by atoms with Gasteiger partial charge in [-0.1, -0.05) is 11.7 Å². The monoisotopic (exact) mass is 349 g/mol. The molecule has 8 nitrogen and oxygen atoms in total. The van der Waals surface area contributed by atoms with Gasteiger partial charge in [-0.3, -0.25) is 4.79 Å². The molecule has 1 amide bonds. The topological polar surface area (TPSA) is 106 Å². The molecule has 1 aliphatic heterocycles. The number of sulfonamides is 1. The second kappa shape index (κ2) is 5.32. The van der Waals surface area contributed by atoms with Crippen LogP contribution in [0.15, 0.2) is 51.1 Å². The Labute approximate surface area is 138 Å². The highest BCUT2D eigenvalue weighted by atomic mass is 32.2. The number of hydrogen-bond acceptors (Lipinski definition) is 6. The quantitative estimate of drug-likeness (QED) is 0.803. The highest BCUT2D eigenvalue weighted by molar-refractivity contribution is 7.89. The zero-order valence-electron chi connectivity index (χ0n) is 12.6. The van der Waals surface area contributed by atoms with E-state index >= 15 is 0 Å². The van der Waals surface area contributed by atoms with Crippen LogP contribution in [0.2, 0.25) is 0 Å². The van der Waals surface area contributed by atoms with Crippen molar-refractivity contribution in [2.45, 2.75) is 11.1 Å². The number of rotatable bonds is 5. The summed E-state index contributed by atoms with van der Waals surface area (Å²) in [6, 6.07) is 4.57. The lowest BCUT2D eigenvalue weighted by atomic mass is 10.4. The van der Waals surface area contributed by atoms with E-state index in [0.29, 0.717) is 24.6 Å². The molecule has 9 heteroatoms. The second-order valence-electron chi connectivity index (χ2n) is 5.88. The van der Waals surface area contributed by atoms with Crippen molar-refractivity contribution in [3.8, 4) is 11.5 Å². The molecule has 2 atom stereocenters. The van der Waals surface area contributed by atoms with Crippen molar-refractivity contribution in [1.29, 1.82) is 0 Å². The van der Waals surface area contributed by atoms with Gasteiger partial charge < -0.3 is 14.3 Å². The van der Waals surface area contributed by atoms with Gasteiger partial charge in [-0.05, 0) is 30.0 Å². The lowest BCUT2D eigenvalue weighted by Gasteiger charge is -2.18. The van der Waals surface area contributed by atoms with Crippen LogP contribution < -0.4 is 5.32 Å². The van der Waals surface area contributed by atoms with Crippen LogP contribution in [-0.4, -0.2) is 42.9 Å². The van der Waals surface area contributed by atoms with E-state index in [2.05, 4.69) is 17.1 Å². The molecule has 1 saturated carbocycles. The van der Waals surface area contributed by atoms with Gasteiger partial charge in [0.2, 0.25) is 16.8 Å². The molecule has 0 aromatic carbocycles. The Morgan fingerprint density at radius 1 is 1.29 bits per heavy atom. The van der Waals surface area contributed by atoms with E-state index in [0.717, 1.165) is 0 Å². The Kier molecular flexibility index (Phi) is 3.36. The Bertz CT molecular complexity index is 874. The van der Waals surface area contributed by atoms with Crippen molar-refractivity contribution in [3.63, 3.8) is 0 Å². The molecular weight excluding hydrogens is 334 g/mol. The maximum atomic E-state index is 12.7. The lowest BCUT2D eigenvalue weighted by Crippen LogP contribution is -2.36. The van der Waals surface area contributed by atoms with E-state index in [1.165, 1.54) is 28.7 Å². The third-order valence-electron chi connectivity index (χ3n) is 4.51. The molecule has 4 rings (SSSR count). The molecule has 2 aromatic rings. The summed E-state index contributed by atoms with van der Waals surface area (Å²) < 4.78 is 37.1. The van der Waals surface area contributed by atoms with Gasteiger partial charge in [-0.25, -0.2) is 8.42 Å². The van der Waals surface area contributed by atoms with Crippen molar-refractivity contribution < 1.29 is 22.2 Å². The van der Waals surface area contributed by atoms with Gasteiger partial charge in [-0.15, -0.1) is 0 Å². The van der Waals surface area contributed by atoms with Crippen molar-refractivity contribution in [3.05, 3.63) is 37.1 Å². The number of hydrogen-bond donors (Lipinski definition) is 1.